The van der Waals surface area contributed by atoms with E-state index in [0.29, 0.717) is 17.3 Å². The molecule has 0 aliphatic rings. The van der Waals surface area contributed by atoms with Crippen LogP contribution in [0.2, 0.25) is 5.02 Å². The third-order valence-electron chi connectivity index (χ3n) is 4.81. The fourth-order valence-electron chi connectivity index (χ4n) is 3.34. The molecule has 4 aromatic heterocycles. The number of thioether (sulfide) groups is 1. The van der Waals surface area contributed by atoms with Gasteiger partial charge in [0.25, 0.3) is 0 Å². The van der Waals surface area contributed by atoms with Crippen molar-refractivity contribution >= 4 is 29.0 Å². The lowest BCUT2D eigenvalue weighted by Gasteiger charge is -2.10. The molecule has 0 fully saturated rings. The van der Waals surface area contributed by atoms with Crippen molar-refractivity contribution in [2.75, 3.05) is 0 Å². The largest absolute Gasteiger partial charge is 0.467 e. The molecule has 0 saturated carbocycles. The van der Waals surface area contributed by atoms with Crippen molar-refractivity contribution in [2.45, 2.75) is 24.4 Å². The molecule has 0 bridgehead atoms. The van der Waals surface area contributed by atoms with Crippen molar-refractivity contribution in [1.82, 2.24) is 24.1 Å². The van der Waals surface area contributed by atoms with E-state index in [1.54, 1.807) is 18.0 Å². The monoisotopic (exact) mass is 435 g/mol. The first-order chi connectivity index (χ1) is 14.7. The lowest BCUT2D eigenvalue weighted by atomic mass is 10.1. The molecule has 0 aliphatic carbocycles. The molecule has 5 aromatic rings. The Balaban J connectivity index is 1.47. The van der Waals surface area contributed by atoms with E-state index >= 15 is 0 Å². The Hall–Kier alpha value is -3.03. The first kappa shape index (κ1) is 19.0. The number of pyridine rings is 1. The van der Waals surface area contributed by atoms with Crippen LogP contribution in [0.4, 0.5) is 0 Å². The van der Waals surface area contributed by atoms with Crippen molar-refractivity contribution in [3.63, 3.8) is 0 Å². The number of hydrogen-bond donors (Lipinski definition) is 0. The summed E-state index contributed by atoms with van der Waals surface area (Å²) in [4.78, 5) is 4.66. The van der Waals surface area contributed by atoms with Gasteiger partial charge in [-0.2, -0.15) is 0 Å². The van der Waals surface area contributed by atoms with Crippen molar-refractivity contribution in [3.05, 3.63) is 89.2 Å². The Bertz CT molecular complexity index is 1310. The second kappa shape index (κ2) is 8.01. The van der Waals surface area contributed by atoms with Crippen LogP contribution in [0.3, 0.4) is 0 Å². The standard InChI is InChI=1S/C22H18ClN5OS/c1-15-5-2-3-7-19(15)21-25-26-22(28(21)13-18-6-4-10-29-18)30-14-17-12-27-11-16(23)8-9-20(27)24-17/h2-12H,13-14H2,1H3. The molecule has 0 amide bonds. The number of aryl methyl sites for hydroxylation is 1. The minimum atomic E-state index is 0.562. The number of imidazole rings is 1. The van der Waals surface area contributed by atoms with Gasteiger partial charge >= 0.3 is 0 Å². The average Bonchev–Trinajstić information content (AvgIpc) is 3.47. The molecule has 0 unspecified atom stereocenters. The van der Waals surface area contributed by atoms with Crippen LogP contribution in [0.1, 0.15) is 17.0 Å². The van der Waals surface area contributed by atoms with Crippen LogP contribution in [-0.2, 0) is 12.3 Å². The molecule has 0 N–H and O–H groups in total. The molecule has 0 saturated heterocycles. The number of nitrogens with zero attached hydrogens (tertiary/aromatic N) is 5. The third kappa shape index (κ3) is 3.74. The van der Waals surface area contributed by atoms with Crippen molar-refractivity contribution < 1.29 is 4.42 Å². The molecule has 4 heterocycles. The molecule has 8 heteroatoms. The Kier molecular flexibility index (Phi) is 5.06. The Morgan fingerprint density at radius 3 is 2.77 bits per heavy atom. The van der Waals surface area contributed by atoms with E-state index in [9.17, 15) is 0 Å². The normalized spacial score (nSPS) is 11.4. The van der Waals surface area contributed by atoms with Gasteiger partial charge in [-0.25, -0.2) is 4.98 Å². The molecule has 1 aromatic carbocycles. The predicted molar refractivity (Wildman–Crippen MR) is 118 cm³/mol. The van der Waals surface area contributed by atoms with Gasteiger partial charge in [-0.15, -0.1) is 10.2 Å². The maximum absolute atomic E-state index is 6.08. The summed E-state index contributed by atoms with van der Waals surface area (Å²) in [5, 5.41) is 10.5. The highest BCUT2D eigenvalue weighted by Crippen LogP contribution is 2.29. The Morgan fingerprint density at radius 1 is 1.03 bits per heavy atom. The summed E-state index contributed by atoms with van der Waals surface area (Å²) >= 11 is 7.68. The predicted octanol–water partition coefficient (Wildman–Crippen LogP) is 5.49. The lowest BCUT2D eigenvalue weighted by Crippen LogP contribution is -2.04. The van der Waals surface area contributed by atoms with E-state index in [1.165, 1.54) is 0 Å². The van der Waals surface area contributed by atoms with E-state index in [4.69, 9.17) is 16.0 Å². The summed E-state index contributed by atoms with van der Waals surface area (Å²) in [6.45, 7) is 2.64. The molecule has 30 heavy (non-hydrogen) atoms. The number of rotatable bonds is 6. The fourth-order valence-corrected chi connectivity index (χ4v) is 4.33. The van der Waals surface area contributed by atoms with Crippen LogP contribution in [0.25, 0.3) is 17.0 Å². The molecular formula is C22H18ClN5OS. The van der Waals surface area contributed by atoms with Crippen LogP contribution >= 0.6 is 23.4 Å². The van der Waals surface area contributed by atoms with Crippen LogP contribution in [0.15, 0.2) is 76.8 Å². The highest BCUT2D eigenvalue weighted by molar-refractivity contribution is 7.98. The first-order valence-corrected chi connectivity index (χ1v) is 10.8. The van der Waals surface area contributed by atoms with Crippen molar-refractivity contribution in [1.29, 1.82) is 0 Å². The Morgan fingerprint density at radius 2 is 1.93 bits per heavy atom. The van der Waals surface area contributed by atoms with Crippen LogP contribution in [0.5, 0.6) is 0 Å². The van der Waals surface area contributed by atoms with Crippen LogP contribution < -0.4 is 0 Å². The topological polar surface area (TPSA) is 61.1 Å². The van der Waals surface area contributed by atoms with Crippen LogP contribution in [-0.4, -0.2) is 24.1 Å². The molecule has 6 nitrogen and oxygen atoms in total. The van der Waals surface area contributed by atoms with Crippen molar-refractivity contribution in [3.8, 4) is 11.4 Å². The molecule has 0 aliphatic heterocycles. The Labute approximate surface area is 182 Å². The van der Waals surface area contributed by atoms with E-state index in [0.717, 1.165) is 39.2 Å². The lowest BCUT2D eigenvalue weighted by molar-refractivity contribution is 0.485. The van der Waals surface area contributed by atoms with Gasteiger partial charge in [0.15, 0.2) is 11.0 Å². The summed E-state index contributed by atoms with van der Waals surface area (Å²) in [7, 11) is 0. The SMILES string of the molecule is Cc1ccccc1-c1nnc(SCc2cn3cc(Cl)ccc3n2)n1Cc1ccco1. The van der Waals surface area contributed by atoms with Gasteiger partial charge in [-0.1, -0.05) is 47.6 Å². The number of aromatic nitrogens is 5. The first-order valence-electron chi connectivity index (χ1n) is 9.45. The number of furan rings is 1. The quantitative estimate of drug-likeness (QED) is 0.330. The zero-order valence-electron chi connectivity index (χ0n) is 16.2. The van der Waals surface area contributed by atoms with Crippen LogP contribution in [0, 0.1) is 6.92 Å². The molecule has 0 spiro atoms. The molecular weight excluding hydrogens is 418 g/mol. The number of hydrogen-bond acceptors (Lipinski definition) is 5. The van der Waals surface area contributed by atoms with Gasteiger partial charge in [0.1, 0.15) is 11.4 Å². The second-order valence-corrected chi connectivity index (χ2v) is 8.30. The van der Waals surface area contributed by atoms with E-state index in [1.807, 2.05) is 53.2 Å². The fraction of sp³-hybridized carbons (Fsp3) is 0.136. The van der Waals surface area contributed by atoms with Gasteiger partial charge in [-0.3, -0.25) is 4.57 Å². The number of halogens is 1. The second-order valence-electron chi connectivity index (χ2n) is 6.92. The van der Waals surface area contributed by atoms with E-state index in [-0.39, 0.29) is 0 Å². The minimum Gasteiger partial charge on any atom is -0.467 e. The maximum Gasteiger partial charge on any atom is 0.192 e. The summed E-state index contributed by atoms with van der Waals surface area (Å²) in [6.07, 6.45) is 5.53. The average molecular weight is 436 g/mol. The van der Waals surface area contributed by atoms with Gasteiger partial charge in [0.2, 0.25) is 0 Å². The molecule has 0 radical (unpaired) electrons. The molecule has 150 valence electrons. The van der Waals surface area contributed by atoms with Gasteiger partial charge in [-0.05, 0) is 36.8 Å². The zero-order chi connectivity index (χ0) is 20.5. The smallest absolute Gasteiger partial charge is 0.192 e. The van der Waals surface area contributed by atoms with E-state index in [2.05, 4.69) is 38.8 Å². The highest BCUT2D eigenvalue weighted by atomic mass is 35.5. The number of fused-ring (bicyclic) bond motifs is 1. The zero-order valence-corrected chi connectivity index (χ0v) is 17.8. The van der Waals surface area contributed by atoms with E-state index < -0.39 is 0 Å². The summed E-state index contributed by atoms with van der Waals surface area (Å²) in [5.41, 5.74) is 4.03. The summed E-state index contributed by atoms with van der Waals surface area (Å²) in [5.74, 6) is 2.35. The van der Waals surface area contributed by atoms with Gasteiger partial charge < -0.3 is 8.82 Å². The van der Waals surface area contributed by atoms with Gasteiger partial charge in [0, 0.05) is 23.7 Å². The third-order valence-corrected chi connectivity index (χ3v) is 6.03. The van der Waals surface area contributed by atoms with Crippen molar-refractivity contribution in [2.24, 2.45) is 0 Å². The summed E-state index contributed by atoms with van der Waals surface area (Å²) in [6, 6.07) is 15.8. The molecule has 0 atom stereocenters. The maximum atomic E-state index is 6.08. The minimum absolute atomic E-state index is 0.562. The van der Waals surface area contributed by atoms with Gasteiger partial charge in [0.05, 0.1) is 23.5 Å². The number of benzene rings is 1. The molecule has 5 rings (SSSR count). The highest BCUT2D eigenvalue weighted by Gasteiger charge is 2.17. The summed E-state index contributed by atoms with van der Waals surface area (Å²) < 4.78 is 9.61.